The zero-order chi connectivity index (χ0) is 15.8. The Balaban J connectivity index is 2.36. The topological polar surface area (TPSA) is 47.9 Å². The van der Waals surface area contributed by atoms with E-state index >= 15 is 0 Å². The largest absolute Gasteiger partial charge is 0.497 e. The van der Waals surface area contributed by atoms with Gasteiger partial charge in [0.1, 0.15) is 5.75 Å². The van der Waals surface area contributed by atoms with Gasteiger partial charge in [-0.05, 0) is 30.3 Å². The summed E-state index contributed by atoms with van der Waals surface area (Å²) in [6.45, 7) is 0. The number of ether oxygens (including phenoxy) is 2. The molecule has 0 fully saturated rings. The third-order valence-electron chi connectivity index (χ3n) is 2.97. The number of aliphatic imine (C=N–C) groups is 1. The summed E-state index contributed by atoms with van der Waals surface area (Å²) < 4.78 is 9.75. The van der Waals surface area contributed by atoms with E-state index < -0.39 is 5.97 Å². The highest BCUT2D eigenvalue weighted by molar-refractivity contribution is 6.11. The van der Waals surface area contributed by atoms with Crippen molar-refractivity contribution in [2.45, 2.75) is 0 Å². The molecular weight excluding hydrogens is 278 g/mol. The quantitative estimate of drug-likeness (QED) is 0.481. The number of rotatable bonds is 5. The summed E-state index contributed by atoms with van der Waals surface area (Å²) in [7, 11) is 2.96. The Bertz CT molecular complexity index is 673. The number of carbonyl (C=O) groups excluding carboxylic acids is 1. The SMILES string of the molecule is COC(=O)/C=C/C(=Nc1ccc(OC)cc1)c1ccccc1. The molecule has 0 saturated carbocycles. The van der Waals surface area contributed by atoms with Gasteiger partial charge >= 0.3 is 5.97 Å². The fourth-order valence-electron chi connectivity index (χ4n) is 1.82. The Hall–Kier alpha value is -2.88. The zero-order valence-corrected chi connectivity index (χ0v) is 12.5. The fraction of sp³-hybridized carbons (Fsp3) is 0.111. The Morgan fingerprint density at radius 2 is 1.64 bits per heavy atom. The molecule has 4 heteroatoms. The molecule has 4 nitrogen and oxygen atoms in total. The lowest BCUT2D eigenvalue weighted by molar-refractivity contribution is -0.134. The first-order valence-corrected chi connectivity index (χ1v) is 6.77. The molecule has 0 spiro atoms. The van der Waals surface area contributed by atoms with Crippen LogP contribution in [-0.2, 0) is 9.53 Å². The molecule has 2 rings (SSSR count). The van der Waals surface area contributed by atoms with Crippen LogP contribution in [0.4, 0.5) is 5.69 Å². The molecule has 0 aliphatic rings. The fourth-order valence-corrected chi connectivity index (χ4v) is 1.82. The highest BCUT2D eigenvalue weighted by atomic mass is 16.5. The summed E-state index contributed by atoms with van der Waals surface area (Å²) in [4.78, 5) is 15.9. The number of esters is 1. The monoisotopic (exact) mass is 295 g/mol. The highest BCUT2D eigenvalue weighted by Crippen LogP contribution is 2.19. The summed E-state index contributed by atoms with van der Waals surface area (Å²) in [6.07, 6.45) is 3.00. The third-order valence-corrected chi connectivity index (χ3v) is 2.97. The Morgan fingerprint density at radius 1 is 0.955 bits per heavy atom. The smallest absolute Gasteiger partial charge is 0.330 e. The van der Waals surface area contributed by atoms with Gasteiger partial charge in [-0.1, -0.05) is 30.3 Å². The molecular formula is C18H17NO3. The normalized spacial score (nSPS) is 11.5. The molecule has 0 aromatic heterocycles. The number of benzene rings is 2. The predicted octanol–water partition coefficient (Wildman–Crippen LogP) is 3.55. The van der Waals surface area contributed by atoms with Crippen molar-refractivity contribution in [3.63, 3.8) is 0 Å². The zero-order valence-electron chi connectivity index (χ0n) is 12.5. The molecule has 0 aliphatic carbocycles. The molecule has 2 aromatic carbocycles. The van der Waals surface area contributed by atoms with E-state index in [-0.39, 0.29) is 0 Å². The second kappa shape index (κ2) is 7.78. The Morgan fingerprint density at radius 3 is 2.23 bits per heavy atom. The van der Waals surface area contributed by atoms with Crippen molar-refractivity contribution in [1.82, 2.24) is 0 Å². The number of hydrogen-bond acceptors (Lipinski definition) is 4. The van der Waals surface area contributed by atoms with Gasteiger partial charge in [0, 0.05) is 11.6 Å². The van der Waals surface area contributed by atoms with Crippen LogP contribution in [-0.4, -0.2) is 25.9 Å². The van der Waals surface area contributed by atoms with Crippen LogP contribution in [0.5, 0.6) is 5.75 Å². The minimum Gasteiger partial charge on any atom is -0.497 e. The predicted molar refractivity (Wildman–Crippen MR) is 86.8 cm³/mol. The molecule has 0 heterocycles. The summed E-state index contributed by atoms with van der Waals surface area (Å²) in [5, 5.41) is 0. The molecule has 0 atom stereocenters. The van der Waals surface area contributed by atoms with Crippen molar-refractivity contribution in [3.05, 3.63) is 72.3 Å². The van der Waals surface area contributed by atoms with Crippen LogP contribution in [0, 0.1) is 0 Å². The molecule has 2 aromatic rings. The second-order valence-corrected chi connectivity index (χ2v) is 4.42. The average molecular weight is 295 g/mol. The van der Waals surface area contributed by atoms with Crippen LogP contribution in [0.1, 0.15) is 5.56 Å². The van der Waals surface area contributed by atoms with Crippen molar-refractivity contribution >= 4 is 17.4 Å². The summed E-state index contributed by atoms with van der Waals surface area (Å²) in [6, 6.07) is 17.0. The van der Waals surface area contributed by atoms with Crippen LogP contribution in [0.3, 0.4) is 0 Å². The maximum absolute atomic E-state index is 11.3. The summed E-state index contributed by atoms with van der Waals surface area (Å²) >= 11 is 0. The van der Waals surface area contributed by atoms with E-state index in [2.05, 4.69) is 9.73 Å². The van der Waals surface area contributed by atoms with Crippen molar-refractivity contribution in [3.8, 4) is 5.75 Å². The van der Waals surface area contributed by atoms with Gasteiger partial charge in [0.05, 0.1) is 25.6 Å². The van der Waals surface area contributed by atoms with Crippen molar-refractivity contribution < 1.29 is 14.3 Å². The second-order valence-electron chi connectivity index (χ2n) is 4.42. The molecule has 0 radical (unpaired) electrons. The van der Waals surface area contributed by atoms with Crippen LogP contribution in [0.15, 0.2) is 71.7 Å². The lowest BCUT2D eigenvalue weighted by Gasteiger charge is -2.03. The molecule has 0 amide bonds. The minimum absolute atomic E-state index is 0.418. The van der Waals surface area contributed by atoms with Gasteiger partial charge in [0.25, 0.3) is 0 Å². The number of nitrogens with zero attached hydrogens (tertiary/aromatic N) is 1. The molecule has 0 saturated heterocycles. The molecule has 0 bridgehead atoms. The van der Waals surface area contributed by atoms with Crippen molar-refractivity contribution in [2.75, 3.05) is 14.2 Å². The summed E-state index contributed by atoms with van der Waals surface area (Å²) in [5.74, 6) is 0.351. The first-order chi connectivity index (χ1) is 10.7. The Kier molecular flexibility index (Phi) is 5.49. The number of hydrogen-bond donors (Lipinski definition) is 0. The van der Waals surface area contributed by atoms with E-state index in [1.165, 1.54) is 13.2 Å². The van der Waals surface area contributed by atoms with Gasteiger partial charge in [-0.25, -0.2) is 9.79 Å². The Labute approximate surface area is 129 Å². The maximum Gasteiger partial charge on any atom is 0.330 e. The van der Waals surface area contributed by atoms with E-state index in [0.717, 1.165) is 17.0 Å². The lowest BCUT2D eigenvalue weighted by Crippen LogP contribution is -2.00. The van der Waals surface area contributed by atoms with Crippen molar-refractivity contribution in [2.24, 2.45) is 4.99 Å². The first kappa shape index (κ1) is 15.5. The van der Waals surface area contributed by atoms with Gasteiger partial charge in [-0.3, -0.25) is 0 Å². The molecule has 0 unspecified atom stereocenters. The van der Waals surface area contributed by atoms with E-state index in [9.17, 15) is 4.79 Å². The standard InChI is InChI=1S/C18H17NO3/c1-21-16-10-8-15(9-11-16)19-17(12-13-18(20)22-2)14-6-4-3-5-7-14/h3-13H,1-2H3/b13-12+,19-17?. The number of allylic oxidation sites excluding steroid dienone is 1. The van der Waals surface area contributed by atoms with E-state index in [1.54, 1.807) is 13.2 Å². The number of methoxy groups -OCH3 is 2. The third kappa shape index (κ3) is 4.31. The van der Waals surface area contributed by atoms with Crippen LogP contribution < -0.4 is 4.74 Å². The maximum atomic E-state index is 11.3. The molecule has 0 aliphatic heterocycles. The van der Waals surface area contributed by atoms with Gasteiger partial charge in [0.15, 0.2) is 0 Å². The lowest BCUT2D eigenvalue weighted by atomic mass is 10.1. The highest BCUT2D eigenvalue weighted by Gasteiger charge is 2.02. The van der Waals surface area contributed by atoms with Gasteiger partial charge in [-0.2, -0.15) is 0 Å². The molecule has 112 valence electrons. The minimum atomic E-state index is -0.418. The first-order valence-electron chi connectivity index (χ1n) is 6.77. The summed E-state index contributed by atoms with van der Waals surface area (Å²) in [5.41, 5.74) is 2.36. The van der Waals surface area contributed by atoms with Crippen LogP contribution in [0.25, 0.3) is 0 Å². The average Bonchev–Trinajstić information content (AvgIpc) is 2.59. The van der Waals surface area contributed by atoms with Crippen LogP contribution in [0.2, 0.25) is 0 Å². The van der Waals surface area contributed by atoms with Gasteiger partial charge in [0.2, 0.25) is 0 Å². The van der Waals surface area contributed by atoms with E-state index in [4.69, 9.17) is 4.74 Å². The molecule has 22 heavy (non-hydrogen) atoms. The van der Waals surface area contributed by atoms with Crippen molar-refractivity contribution in [1.29, 1.82) is 0 Å². The van der Waals surface area contributed by atoms with E-state index in [1.807, 2.05) is 54.6 Å². The van der Waals surface area contributed by atoms with Gasteiger partial charge < -0.3 is 9.47 Å². The van der Waals surface area contributed by atoms with E-state index in [0.29, 0.717) is 5.71 Å². The van der Waals surface area contributed by atoms with Gasteiger partial charge in [-0.15, -0.1) is 0 Å². The molecule has 0 N–H and O–H groups in total. The van der Waals surface area contributed by atoms with Crippen LogP contribution >= 0.6 is 0 Å². The number of carbonyl (C=O) groups is 1.